The quantitative estimate of drug-likeness (QED) is 0.731. The number of hydrogen-bond donors (Lipinski definition) is 1. The summed E-state index contributed by atoms with van der Waals surface area (Å²) in [6.07, 6.45) is 1.37. The number of likely N-dealkylation sites (N-methyl/N-ethyl adjacent to an activating group) is 1. The van der Waals surface area contributed by atoms with Gasteiger partial charge in [0.25, 0.3) is 5.91 Å². The van der Waals surface area contributed by atoms with Crippen LogP contribution in [0.5, 0.6) is 0 Å². The predicted octanol–water partition coefficient (Wildman–Crippen LogP) is 0.264. The number of primary sulfonamides is 1. The number of ether oxygens (including phenoxy) is 1. The lowest BCUT2D eigenvalue weighted by molar-refractivity contribution is 0.0700. The third kappa shape index (κ3) is 4.06. The highest BCUT2D eigenvalue weighted by atomic mass is 32.2. The normalized spacial score (nSPS) is 11.6. The highest BCUT2D eigenvalue weighted by Gasteiger charge is 2.20. The van der Waals surface area contributed by atoms with Gasteiger partial charge in [0.2, 0.25) is 10.0 Å². The second kappa shape index (κ2) is 6.87. The van der Waals surface area contributed by atoms with Gasteiger partial charge in [-0.25, -0.2) is 13.6 Å². The molecular formula is C12H21N3O4S. The van der Waals surface area contributed by atoms with E-state index in [1.54, 1.807) is 11.6 Å². The van der Waals surface area contributed by atoms with Crippen LogP contribution in [0.25, 0.3) is 0 Å². The number of nitrogens with zero attached hydrogens (tertiary/aromatic N) is 2. The Morgan fingerprint density at radius 2 is 2.10 bits per heavy atom. The monoisotopic (exact) mass is 303 g/mol. The van der Waals surface area contributed by atoms with Gasteiger partial charge in [-0.1, -0.05) is 0 Å². The van der Waals surface area contributed by atoms with Crippen LogP contribution in [0.4, 0.5) is 0 Å². The summed E-state index contributed by atoms with van der Waals surface area (Å²) in [5, 5.41) is 5.08. The Labute approximate surface area is 119 Å². The maximum Gasteiger partial charge on any atom is 0.270 e. The van der Waals surface area contributed by atoms with Crippen molar-refractivity contribution < 1.29 is 17.9 Å². The third-order valence-electron chi connectivity index (χ3n) is 2.88. The number of aromatic nitrogens is 1. The molecule has 1 aromatic heterocycles. The number of carbonyl (C=O) groups is 1. The van der Waals surface area contributed by atoms with Gasteiger partial charge >= 0.3 is 0 Å². The standard InChI is InChI=1S/C12H21N3O4S/c1-4-15-9-10(20(13,17)18)8-11(15)12(16)14(3)6-7-19-5-2/h8-9H,4-7H2,1-3H3,(H2,13,17,18). The van der Waals surface area contributed by atoms with E-state index in [2.05, 4.69) is 0 Å². The molecule has 0 fully saturated rings. The third-order valence-corrected chi connectivity index (χ3v) is 3.76. The lowest BCUT2D eigenvalue weighted by Gasteiger charge is -2.17. The molecule has 7 nitrogen and oxygen atoms in total. The predicted molar refractivity (Wildman–Crippen MR) is 74.9 cm³/mol. The lowest BCUT2D eigenvalue weighted by Crippen LogP contribution is -2.31. The Hall–Kier alpha value is -1.38. The largest absolute Gasteiger partial charge is 0.380 e. The number of aryl methyl sites for hydroxylation is 1. The average Bonchev–Trinajstić information content (AvgIpc) is 2.81. The van der Waals surface area contributed by atoms with E-state index in [0.717, 1.165) is 0 Å². The molecule has 0 aliphatic rings. The second-order valence-electron chi connectivity index (χ2n) is 4.32. The van der Waals surface area contributed by atoms with Gasteiger partial charge in [-0.3, -0.25) is 4.79 Å². The van der Waals surface area contributed by atoms with Gasteiger partial charge in [0.05, 0.1) is 6.61 Å². The summed E-state index contributed by atoms with van der Waals surface area (Å²) in [6, 6.07) is 1.30. The van der Waals surface area contributed by atoms with Crippen molar-refractivity contribution in [3.05, 3.63) is 18.0 Å². The van der Waals surface area contributed by atoms with Crippen molar-refractivity contribution in [1.29, 1.82) is 0 Å². The minimum Gasteiger partial charge on any atom is -0.380 e. The molecule has 2 N–H and O–H groups in total. The highest BCUT2D eigenvalue weighted by molar-refractivity contribution is 7.89. The Morgan fingerprint density at radius 3 is 2.60 bits per heavy atom. The molecule has 0 bridgehead atoms. The molecule has 8 heteroatoms. The van der Waals surface area contributed by atoms with Crippen LogP contribution in [0.15, 0.2) is 17.2 Å². The number of sulfonamides is 1. The summed E-state index contributed by atoms with van der Waals surface area (Å²) < 4.78 is 29.4. The van der Waals surface area contributed by atoms with E-state index >= 15 is 0 Å². The molecule has 0 radical (unpaired) electrons. The molecule has 0 saturated heterocycles. The number of rotatable bonds is 7. The van der Waals surface area contributed by atoms with Crippen LogP contribution in [0, 0.1) is 0 Å². The van der Waals surface area contributed by atoms with Crippen LogP contribution in [0.3, 0.4) is 0 Å². The molecule has 0 saturated carbocycles. The Balaban J connectivity index is 2.94. The lowest BCUT2D eigenvalue weighted by atomic mass is 10.3. The van der Waals surface area contributed by atoms with E-state index < -0.39 is 10.0 Å². The van der Waals surface area contributed by atoms with Crippen molar-refractivity contribution in [1.82, 2.24) is 9.47 Å². The van der Waals surface area contributed by atoms with Gasteiger partial charge in [0, 0.05) is 32.9 Å². The molecule has 0 atom stereocenters. The molecule has 1 rings (SSSR count). The van der Waals surface area contributed by atoms with E-state index in [9.17, 15) is 13.2 Å². The molecule has 0 unspecified atom stereocenters. The maximum atomic E-state index is 12.3. The average molecular weight is 303 g/mol. The number of nitrogens with two attached hydrogens (primary N) is 1. The van der Waals surface area contributed by atoms with Crippen molar-refractivity contribution in [2.45, 2.75) is 25.3 Å². The molecule has 114 valence electrons. The van der Waals surface area contributed by atoms with E-state index in [0.29, 0.717) is 32.0 Å². The van der Waals surface area contributed by atoms with E-state index in [1.807, 2.05) is 13.8 Å². The van der Waals surface area contributed by atoms with Crippen LogP contribution in [0.2, 0.25) is 0 Å². The first-order valence-electron chi connectivity index (χ1n) is 6.37. The summed E-state index contributed by atoms with van der Waals surface area (Å²) in [4.78, 5) is 13.7. The topological polar surface area (TPSA) is 94.6 Å². The number of amides is 1. The van der Waals surface area contributed by atoms with Crippen LogP contribution in [-0.4, -0.2) is 50.6 Å². The van der Waals surface area contributed by atoms with Crippen molar-refractivity contribution in [2.24, 2.45) is 5.14 Å². The molecule has 0 spiro atoms. The summed E-state index contributed by atoms with van der Waals surface area (Å²) in [5.74, 6) is -0.263. The van der Waals surface area contributed by atoms with Crippen LogP contribution < -0.4 is 5.14 Å². The minimum absolute atomic E-state index is 0.0547. The van der Waals surface area contributed by atoms with Gasteiger partial charge in [0.1, 0.15) is 10.6 Å². The zero-order chi connectivity index (χ0) is 15.3. The van der Waals surface area contributed by atoms with Crippen LogP contribution in [0.1, 0.15) is 24.3 Å². The smallest absolute Gasteiger partial charge is 0.270 e. The van der Waals surface area contributed by atoms with Crippen molar-refractivity contribution in [3.8, 4) is 0 Å². The Bertz CT molecular complexity index is 565. The first kappa shape index (κ1) is 16.7. The van der Waals surface area contributed by atoms with Crippen molar-refractivity contribution in [2.75, 3.05) is 26.8 Å². The first-order valence-corrected chi connectivity index (χ1v) is 7.92. The summed E-state index contributed by atoms with van der Waals surface area (Å²) in [5.41, 5.74) is 0.301. The van der Waals surface area contributed by atoms with E-state index in [1.165, 1.54) is 17.2 Å². The summed E-state index contributed by atoms with van der Waals surface area (Å²) in [7, 11) is -2.17. The van der Waals surface area contributed by atoms with Gasteiger partial charge < -0.3 is 14.2 Å². The minimum atomic E-state index is -3.81. The molecule has 0 aliphatic heterocycles. The van der Waals surface area contributed by atoms with Crippen molar-refractivity contribution >= 4 is 15.9 Å². The number of carbonyl (C=O) groups excluding carboxylic acids is 1. The fourth-order valence-corrected chi connectivity index (χ4v) is 2.27. The molecule has 1 amide bonds. The fraction of sp³-hybridized carbons (Fsp3) is 0.583. The molecule has 0 aliphatic carbocycles. The van der Waals surface area contributed by atoms with Gasteiger partial charge in [0.15, 0.2) is 0 Å². The molecule has 20 heavy (non-hydrogen) atoms. The van der Waals surface area contributed by atoms with Crippen molar-refractivity contribution in [3.63, 3.8) is 0 Å². The maximum absolute atomic E-state index is 12.3. The Kier molecular flexibility index (Phi) is 5.73. The van der Waals surface area contributed by atoms with Gasteiger partial charge in [-0.05, 0) is 19.9 Å². The fourth-order valence-electron chi connectivity index (χ4n) is 1.72. The SMILES string of the molecule is CCOCCN(C)C(=O)c1cc(S(N)(=O)=O)cn1CC. The second-order valence-corrected chi connectivity index (χ2v) is 5.88. The molecular weight excluding hydrogens is 282 g/mol. The highest BCUT2D eigenvalue weighted by Crippen LogP contribution is 2.14. The molecule has 1 heterocycles. The van der Waals surface area contributed by atoms with Gasteiger partial charge in [-0.15, -0.1) is 0 Å². The summed E-state index contributed by atoms with van der Waals surface area (Å²) >= 11 is 0. The van der Waals surface area contributed by atoms with Crippen LogP contribution >= 0.6 is 0 Å². The zero-order valence-electron chi connectivity index (χ0n) is 12.0. The van der Waals surface area contributed by atoms with E-state index in [-0.39, 0.29) is 10.8 Å². The van der Waals surface area contributed by atoms with Crippen LogP contribution in [-0.2, 0) is 21.3 Å². The molecule has 0 aromatic carbocycles. The Morgan fingerprint density at radius 1 is 1.45 bits per heavy atom. The molecule has 1 aromatic rings. The number of hydrogen-bond acceptors (Lipinski definition) is 4. The van der Waals surface area contributed by atoms with E-state index in [4.69, 9.17) is 9.88 Å². The zero-order valence-corrected chi connectivity index (χ0v) is 12.8. The summed E-state index contributed by atoms with van der Waals surface area (Å²) in [6.45, 7) is 5.64. The first-order chi connectivity index (χ1) is 9.31. The van der Waals surface area contributed by atoms with Gasteiger partial charge in [-0.2, -0.15) is 0 Å².